The van der Waals surface area contributed by atoms with Crippen LogP contribution in [-0.2, 0) is 0 Å². The van der Waals surface area contributed by atoms with Crippen LogP contribution in [0.1, 0.15) is 0 Å². The first-order chi connectivity index (χ1) is 7.06. The van der Waals surface area contributed by atoms with Crippen LogP contribution in [0.25, 0.3) is 0 Å². The van der Waals surface area contributed by atoms with Crippen molar-refractivity contribution in [3.63, 3.8) is 0 Å². The molecule has 0 aliphatic rings. The Morgan fingerprint density at radius 2 is 1.93 bits per heavy atom. The van der Waals surface area contributed by atoms with Crippen molar-refractivity contribution in [1.82, 2.24) is 4.98 Å². The van der Waals surface area contributed by atoms with Gasteiger partial charge in [-0.05, 0) is 6.17 Å². The summed E-state index contributed by atoms with van der Waals surface area (Å²) in [4.78, 5) is 3.65. The van der Waals surface area contributed by atoms with Gasteiger partial charge in [0.1, 0.15) is 8.96 Å². The Balaban J connectivity index is 2.63. The minimum Gasteiger partial charge on any atom is -0.339 e. The van der Waals surface area contributed by atoms with Crippen molar-refractivity contribution in [2.75, 3.05) is 6.17 Å². The van der Waals surface area contributed by atoms with Gasteiger partial charge in [-0.15, -0.1) is 6.58 Å². The average molecular weight is 235 g/mol. The molecule has 0 spiro atoms. The van der Waals surface area contributed by atoms with Gasteiger partial charge in [-0.25, -0.2) is 0 Å². The molecule has 0 fully saturated rings. The maximum absolute atomic E-state index is 3.85. The normalized spacial score (nSPS) is 13.5. The van der Waals surface area contributed by atoms with Crippen molar-refractivity contribution in [3.8, 4) is 0 Å². The van der Waals surface area contributed by atoms with Crippen molar-refractivity contribution in [2.45, 2.75) is 19.6 Å². The predicted octanol–water partition coefficient (Wildman–Crippen LogP) is 1.81. The zero-order chi connectivity index (χ0) is 11.3. The minimum absolute atomic E-state index is 0.856. The van der Waals surface area contributed by atoms with Gasteiger partial charge in [0.25, 0.3) is 0 Å². The van der Waals surface area contributed by atoms with Gasteiger partial charge < -0.3 is 4.98 Å². The summed E-state index contributed by atoms with van der Waals surface area (Å²) in [5.41, 5.74) is 2.09. The van der Waals surface area contributed by atoms with E-state index in [9.17, 15) is 0 Å². The van der Waals surface area contributed by atoms with Crippen molar-refractivity contribution in [2.24, 2.45) is 0 Å². The van der Waals surface area contributed by atoms with Crippen LogP contribution in [0.15, 0.2) is 42.6 Å². The van der Waals surface area contributed by atoms with Gasteiger partial charge in [0.15, 0.2) is 0 Å². The molecular formula is C12H21NSi2. The van der Waals surface area contributed by atoms with Crippen LogP contribution in [0.4, 0.5) is 0 Å². The van der Waals surface area contributed by atoms with Gasteiger partial charge >= 0.3 is 0 Å². The van der Waals surface area contributed by atoms with Crippen LogP contribution in [0.2, 0.25) is 19.6 Å². The molecule has 1 unspecified atom stereocenters. The van der Waals surface area contributed by atoms with Gasteiger partial charge in [0.05, 0.1) is 8.07 Å². The lowest BCUT2D eigenvalue weighted by Gasteiger charge is -2.24. The fraction of sp³-hybridized carbons (Fsp3) is 0.333. The first-order valence-corrected chi connectivity index (χ1v) is 11.1. The SMILES string of the molecule is C=C[SiH](C)NC[Si](C)(C)c1ccccc1. The van der Waals surface area contributed by atoms with Crippen molar-refractivity contribution >= 4 is 22.2 Å². The summed E-state index contributed by atoms with van der Waals surface area (Å²) in [5, 5.41) is 1.53. The summed E-state index contributed by atoms with van der Waals surface area (Å²) in [7, 11) is -2.14. The molecule has 0 aromatic heterocycles. The molecule has 0 bridgehead atoms. The zero-order valence-corrected chi connectivity index (χ0v) is 12.1. The lowest BCUT2D eigenvalue weighted by Crippen LogP contribution is -2.52. The molecule has 82 valence electrons. The Kier molecular flexibility index (Phi) is 4.51. The van der Waals surface area contributed by atoms with Crippen LogP contribution < -0.4 is 10.2 Å². The second-order valence-corrected chi connectivity index (χ2v) is 11.8. The van der Waals surface area contributed by atoms with E-state index < -0.39 is 17.0 Å². The molecule has 15 heavy (non-hydrogen) atoms. The molecule has 0 amide bonds. The van der Waals surface area contributed by atoms with E-state index in [1.165, 1.54) is 5.19 Å². The zero-order valence-electron chi connectivity index (χ0n) is 9.96. The van der Waals surface area contributed by atoms with Gasteiger partial charge in [-0.3, -0.25) is 0 Å². The van der Waals surface area contributed by atoms with E-state index in [0.29, 0.717) is 0 Å². The molecule has 1 aromatic rings. The highest BCUT2D eigenvalue weighted by molar-refractivity contribution is 6.90. The smallest absolute Gasteiger partial charge is 0.129 e. The van der Waals surface area contributed by atoms with Crippen molar-refractivity contribution < 1.29 is 0 Å². The number of hydrogen-bond donors (Lipinski definition) is 1. The Morgan fingerprint density at radius 3 is 2.47 bits per heavy atom. The molecule has 1 nitrogen and oxygen atoms in total. The van der Waals surface area contributed by atoms with Crippen molar-refractivity contribution in [3.05, 3.63) is 42.6 Å². The van der Waals surface area contributed by atoms with Gasteiger partial charge in [-0.2, -0.15) is 0 Å². The molecule has 0 heterocycles. The van der Waals surface area contributed by atoms with E-state index in [1.807, 2.05) is 0 Å². The Hall–Kier alpha value is -0.646. The Labute approximate surface area is 95.9 Å². The molecule has 0 saturated carbocycles. The molecule has 1 atom stereocenters. The molecule has 0 aliphatic heterocycles. The maximum atomic E-state index is 3.85. The molecule has 0 aliphatic carbocycles. The predicted molar refractivity (Wildman–Crippen MR) is 74.8 cm³/mol. The summed E-state index contributed by atoms with van der Waals surface area (Å²) in [6, 6.07) is 10.9. The van der Waals surface area contributed by atoms with E-state index in [-0.39, 0.29) is 0 Å². The second kappa shape index (κ2) is 5.44. The standard InChI is InChI=1S/C12H21NSi2/c1-5-14(2)13-11-15(3,4)12-9-7-6-8-10-12/h5-10,13-14H,1,11H2,2-4H3. The second-order valence-electron chi connectivity index (χ2n) is 4.66. The summed E-state index contributed by atoms with van der Waals surface area (Å²) in [6.07, 6.45) is 1.16. The Bertz CT molecular complexity index is 309. The third-order valence-corrected chi connectivity index (χ3v) is 7.72. The van der Waals surface area contributed by atoms with Crippen LogP contribution in [0, 0.1) is 0 Å². The Morgan fingerprint density at radius 1 is 1.33 bits per heavy atom. The van der Waals surface area contributed by atoms with Crippen molar-refractivity contribution in [1.29, 1.82) is 0 Å². The third kappa shape index (κ3) is 3.78. The van der Waals surface area contributed by atoms with Crippen LogP contribution >= 0.6 is 0 Å². The summed E-state index contributed by atoms with van der Waals surface area (Å²) in [6.45, 7) is 11.0. The largest absolute Gasteiger partial charge is 0.339 e. The summed E-state index contributed by atoms with van der Waals surface area (Å²) >= 11 is 0. The molecule has 3 heteroatoms. The van der Waals surface area contributed by atoms with E-state index >= 15 is 0 Å². The first-order valence-electron chi connectivity index (χ1n) is 5.48. The fourth-order valence-corrected chi connectivity index (χ4v) is 6.29. The highest BCUT2D eigenvalue weighted by atomic mass is 28.3. The highest BCUT2D eigenvalue weighted by Gasteiger charge is 2.22. The summed E-state index contributed by atoms with van der Waals surface area (Å²) < 4.78 is 0. The lowest BCUT2D eigenvalue weighted by molar-refractivity contribution is 1.12. The van der Waals surface area contributed by atoms with Gasteiger partial charge in [-0.1, -0.05) is 60.9 Å². The number of rotatable bonds is 5. The number of nitrogens with one attached hydrogen (secondary N) is 1. The van der Waals surface area contributed by atoms with E-state index in [0.717, 1.165) is 6.17 Å². The monoisotopic (exact) mass is 235 g/mol. The van der Waals surface area contributed by atoms with E-state index in [2.05, 4.69) is 67.2 Å². The number of benzene rings is 1. The third-order valence-electron chi connectivity index (χ3n) is 2.77. The van der Waals surface area contributed by atoms with Crippen LogP contribution in [-0.4, -0.2) is 23.2 Å². The van der Waals surface area contributed by atoms with E-state index in [1.54, 1.807) is 0 Å². The minimum atomic E-state index is -1.28. The molecule has 0 saturated heterocycles. The topological polar surface area (TPSA) is 12.0 Å². The lowest BCUT2D eigenvalue weighted by atomic mass is 10.4. The first kappa shape index (κ1) is 12.4. The molecule has 1 aromatic carbocycles. The highest BCUT2D eigenvalue weighted by Crippen LogP contribution is 2.01. The van der Waals surface area contributed by atoms with Crippen LogP contribution in [0.5, 0.6) is 0 Å². The molecule has 1 rings (SSSR count). The molecule has 1 N–H and O–H groups in total. The number of hydrogen-bond acceptors (Lipinski definition) is 1. The maximum Gasteiger partial charge on any atom is 0.129 e. The fourth-order valence-electron chi connectivity index (χ4n) is 1.49. The van der Waals surface area contributed by atoms with Crippen LogP contribution in [0.3, 0.4) is 0 Å². The quantitative estimate of drug-likeness (QED) is 0.768. The van der Waals surface area contributed by atoms with Gasteiger partial charge in [0, 0.05) is 0 Å². The van der Waals surface area contributed by atoms with E-state index in [4.69, 9.17) is 0 Å². The average Bonchev–Trinajstić information content (AvgIpc) is 2.27. The molecule has 0 radical (unpaired) electrons. The molecular weight excluding hydrogens is 214 g/mol. The van der Waals surface area contributed by atoms with Gasteiger partial charge in [0.2, 0.25) is 0 Å². The summed E-state index contributed by atoms with van der Waals surface area (Å²) in [5.74, 6) is 0.